The van der Waals surface area contributed by atoms with E-state index in [9.17, 15) is 9.90 Å². The van der Waals surface area contributed by atoms with Gasteiger partial charge in [-0.05, 0) is 65.6 Å². The molecule has 5 nitrogen and oxygen atoms in total. The standard InChI is InChI=1S/C29H35ClO5/c1-4-20(11-12-33-3)27-17-34-28(35-27)15-19-13-25(31)29(26(32)14-19)24-16-22(6-5-18(24)2)21-7-9-23(30)10-8-21/h5-10,16,19-20,27-28,31H,4,11-15,17H2,1-3H3. The molecule has 6 heteroatoms. The Balaban J connectivity index is 1.45. The van der Waals surface area contributed by atoms with Crippen LogP contribution in [-0.2, 0) is 19.0 Å². The summed E-state index contributed by atoms with van der Waals surface area (Å²) in [6.45, 7) is 5.40. The number of rotatable bonds is 9. The van der Waals surface area contributed by atoms with E-state index in [1.165, 1.54) is 0 Å². The van der Waals surface area contributed by atoms with E-state index in [0.717, 1.165) is 35.1 Å². The minimum absolute atomic E-state index is 0.00574. The zero-order chi connectivity index (χ0) is 24.9. The van der Waals surface area contributed by atoms with Gasteiger partial charge in [-0.2, -0.15) is 0 Å². The molecule has 35 heavy (non-hydrogen) atoms. The fraction of sp³-hybridized carbons (Fsp3) is 0.483. The van der Waals surface area contributed by atoms with E-state index in [0.29, 0.717) is 49.0 Å². The number of methoxy groups -OCH3 is 1. The zero-order valence-electron chi connectivity index (χ0n) is 20.8. The first-order valence-corrected chi connectivity index (χ1v) is 12.9. The van der Waals surface area contributed by atoms with E-state index in [1.807, 2.05) is 49.4 Å². The van der Waals surface area contributed by atoms with Crippen LogP contribution in [0.25, 0.3) is 16.7 Å². The fourth-order valence-electron chi connectivity index (χ4n) is 5.20. The van der Waals surface area contributed by atoms with Gasteiger partial charge in [0.2, 0.25) is 0 Å². The molecule has 0 radical (unpaired) electrons. The molecule has 4 unspecified atom stereocenters. The molecule has 1 aliphatic heterocycles. The Bertz CT molecular complexity index is 1060. The molecule has 0 aromatic heterocycles. The molecule has 2 aromatic carbocycles. The highest BCUT2D eigenvalue weighted by Crippen LogP contribution is 2.38. The number of aliphatic hydroxyl groups excluding tert-OH is 1. The van der Waals surface area contributed by atoms with Crippen LogP contribution < -0.4 is 0 Å². The van der Waals surface area contributed by atoms with Gasteiger partial charge in [-0.15, -0.1) is 0 Å². The molecule has 2 aromatic rings. The first kappa shape index (κ1) is 25.9. The van der Waals surface area contributed by atoms with Crippen LogP contribution in [0.3, 0.4) is 0 Å². The summed E-state index contributed by atoms with van der Waals surface area (Å²) in [7, 11) is 1.71. The summed E-state index contributed by atoms with van der Waals surface area (Å²) in [5.74, 6) is 0.511. The van der Waals surface area contributed by atoms with Gasteiger partial charge in [0.1, 0.15) is 5.76 Å². The third-order valence-corrected chi connectivity index (χ3v) is 7.50. The van der Waals surface area contributed by atoms with Gasteiger partial charge in [-0.3, -0.25) is 4.79 Å². The van der Waals surface area contributed by atoms with Gasteiger partial charge in [0.15, 0.2) is 12.1 Å². The predicted octanol–water partition coefficient (Wildman–Crippen LogP) is 6.76. The normalized spacial score (nSPS) is 23.7. The maximum atomic E-state index is 13.2. The minimum Gasteiger partial charge on any atom is -0.512 e. The Morgan fingerprint density at radius 2 is 1.89 bits per heavy atom. The average Bonchev–Trinajstić information content (AvgIpc) is 3.29. The molecule has 4 rings (SSSR count). The third kappa shape index (κ3) is 6.15. The largest absolute Gasteiger partial charge is 0.512 e. The summed E-state index contributed by atoms with van der Waals surface area (Å²) in [5, 5.41) is 11.7. The summed E-state index contributed by atoms with van der Waals surface area (Å²) in [4.78, 5) is 13.2. The van der Waals surface area contributed by atoms with Crippen molar-refractivity contribution in [1.29, 1.82) is 0 Å². The van der Waals surface area contributed by atoms with Gasteiger partial charge < -0.3 is 19.3 Å². The number of benzene rings is 2. The lowest BCUT2D eigenvalue weighted by Gasteiger charge is -2.26. The van der Waals surface area contributed by atoms with Crippen molar-refractivity contribution in [2.75, 3.05) is 20.3 Å². The first-order valence-electron chi connectivity index (χ1n) is 12.5. The Morgan fingerprint density at radius 3 is 2.57 bits per heavy atom. The van der Waals surface area contributed by atoms with Gasteiger partial charge in [0, 0.05) is 38.0 Å². The fourth-order valence-corrected chi connectivity index (χ4v) is 5.33. The van der Waals surface area contributed by atoms with Crippen molar-refractivity contribution in [3.63, 3.8) is 0 Å². The van der Waals surface area contributed by atoms with Crippen LogP contribution in [0.1, 0.15) is 50.2 Å². The number of allylic oxidation sites excluding steroid dienone is 2. The van der Waals surface area contributed by atoms with E-state index in [2.05, 4.69) is 6.92 Å². The molecular weight excluding hydrogens is 464 g/mol. The average molecular weight is 499 g/mol. The molecule has 0 spiro atoms. The molecule has 0 amide bonds. The molecule has 1 heterocycles. The number of Topliss-reactive ketones (excluding diaryl/α,β-unsaturated/α-hetero) is 1. The number of hydrogen-bond donors (Lipinski definition) is 1. The second kappa shape index (κ2) is 11.7. The Morgan fingerprint density at radius 1 is 1.14 bits per heavy atom. The van der Waals surface area contributed by atoms with Gasteiger partial charge in [0.05, 0.1) is 18.3 Å². The number of ether oxygens (including phenoxy) is 3. The number of carbonyl (C=O) groups excluding carboxylic acids is 1. The van der Waals surface area contributed by atoms with Crippen molar-refractivity contribution in [1.82, 2.24) is 0 Å². The molecule has 0 saturated carbocycles. The first-order chi connectivity index (χ1) is 16.9. The van der Waals surface area contributed by atoms with Crippen LogP contribution in [0.4, 0.5) is 0 Å². The van der Waals surface area contributed by atoms with Crippen molar-refractivity contribution in [3.8, 4) is 11.1 Å². The summed E-state index contributed by atoms with van der Waals surface area (Å²) >= 11 is 6.03. The number of aliphatic hydroxyl groups is 1. The van der Waals surface area contributed by atoms with Gasteiger partial charge in [-0.25, -0.2) is 0 Å². The van der Waals surface area contributed by atoms with Crippen molar-refractivity contribution in [2.24, 2.45) is 11.8 Å². The highest BCUT2D eigenvalue weighted by atomic mass is 35.5. The van der Waals surface area contributed by atoms with Gasteiger partial charge >= 0.3 is 0 Å². The van der Waals surface area contributed by atoms with E-state index in [-0.39, 0.29) is 29.9 Å². The molecule has 4 atom stereocenters. The maximum absolute atomic E-state index is 13.2. The van der Waals surface area contributed by atoms with Crippen LogP contribution in [0, 0.1) is 18.8 Å². The molecule has 1 aliphatic carbocycles. The quantitative estimate of drug-likeness (QED) is 0.414. The molecule has 1 N–H and O–H groups in total. The monoisotopic (exact) mass is 498 g/mol. The van der Waals surface area contributed by atoms with Crippen LogP contribution in [0.2, 0.25) is 5.02 Å². The Hall–Kier alpha value is -2.18. The Labute approximate surface area is 213 Å². The SMILES string of the molecule is CCC(CCOC)C1COC(CC2CC(=O)C(c3cc(-c4ccc(Cl)cc4)ccc3C)=C(O)C2)O1. The number of halogens is 1. The minimum atomic E-state index is -0.335. The van der Waals surface area contributed by atoms with Crippen LogP contribution in [0.5, 0.6) is 0 Å². The molecule has 1 fully saturated rings. The van der Waals surface area contributed by atoms with Crippen LogP contribution in [0.15, 0.2) is 48.2 Å². The highest BCUT2D eigenvalue weighted by molar-refractivity contribution is 6.30. The van der Waals surface area contributed by atoms with E-state index < -0.39 is 0 Å². The molecule has 188 valence electrons. The molecule has 2 aliphatic rings. The number of hydrogen-bond acceptors (Lipinski definition) is 5. The van der Waals surface area contributed by atoms with Crippen LogP contribution >= 0.6 is 11.6 Å². The summed E-state index contributed by atoms with van der Waals surface area (Å²) in [6, 6.07) is 13.6. The summed E-state index contributed by atoms with van der Waals surface area (Å²) in [5.41, 5.74) is 4.18. The Kier molecular flexibility index (Phi) is 8.66. The van der Waals surface area contributed by atoms with Crippen molar-refractivity contribution < 1.29 is 24.1 Å². The highest BCUT2D eigenvalue weighted by Gasteiger charge is 2.36. The van der Waals surface area contributed by atoms with Crippen molar-refractivity contribution in [2.45, 2.75) is 58.3 Å². The summed E-state index contributed by atoms with van der Waals surface area (Å²) < 4.78 is 17.3. The van der Waals surface area contributed by atoms with Crippen molar-refractivity contribution >= 4 is 23.0 Å². The lowest BCUT2D eigenvalue weighted by Crippen LogP contribution is -2.26. The molecular formula is C29H35ClO5. The van der Waals surface area contributed by atoms with Crippen molar-refractivity contribution in [3.05, 3.63) is 64.4 Å². The number of ketones is 1. The van der Waals surface area contributed by atoms with E-state index >= 15 is 0 Å². The smallest absolute Gasteiger partial charge is 0.167 e. The lowest BCUT2D eigenvalue weighted by molar-refractivity contribution is -0.117. The molecule has 1 saturated heterocycles. The zero-order valence-corrected chi connectivity index (χ0v) is 21.5. The third-order valence-electron chi connectivity index (χ3n) is 7.25. The second-order valence-corrected chi connectivity index (χ2v) is 10.1. The number of carbonyl (C=O) groups is 1. The van der Waals surface area contributed by atoms with Gasteiger partial charge in [-0.1, -0.05) is 49.2 Å². The molecule has 0 bridgehead atoms. The lowest BCUT2D eigenvalue weighted by atomic mass is 9.81. The van der Waals surface area contributed by atoms with E-state index in [1.54, 1.807) is 7.11 Å². The van der Waals surface area contributed by atoms with Gasteiger partial charge in [0.25, 0.3) is 0 Å². The maximum Gasteiger partial charge on any atom is 0.167 e. The van der Waals surface area contributed by atoms with E-state index in [4.69, 9.17) is 25.8 Å². The van der Waals surface area contributed by atoms with Crippen LogP contribution in [-0.4, -0.2) is 43.6 Å². The predicted molar refractivity (Wildman–Crippen MR) is 138 cm³/mol. The topological polar surface area (TPSA) is 65.0 Å². The number of aryl methyl sites for hydroxylation is 1. The second-order valence-electron chi connectivity index (χ2n) is 9.68. The summed E-state index contributed by atoms with van der Waals surface area (Å²) in [6.07, 6.45) is 3.09.